The monoisotopic (exact) mass is 349 g/mol. The molecule has 2 aliphatic heterocycles. The molecule has 136 valence electrons. The lowest BCUT2D eigenvalue weighted by Crippen LogP contribution is -2.32. The predicted octanol–water partition coefficient (Wildman–Crippen LogP) is 3.67. The summed E-state index contributed by atoms with van der Waals surface area (Å²) in [6.07, 6.45) is 12.1. The van der Waals surface area contributed by atoms with Crippen LogP contribution < -0.4 is 0 Å². The fourth-order valence-electron chi connectivity index (χ4n) is 3.85. The third-order valence-corrected chi connectivity index (χ3v) is 5.57. The summed E-state index contributed by atoms with van der Waals surface area (Å²) in [6, 6.07) is 6.79. The molecule has 1 aromatic carbocycles. The number of fused-ring (bicyclic) bond motifs is 1. The Labute approximate surface area is 155 Å². The molecule has 0 atom stereocenters. The smallest absolute Gasteiger partial charge is 0.243 e. The normalized spacial score (nSPS) is 19.5. The Bertz CT molecular complexity index is 791. The molecule has 0 spiro atoms. The lowest BCUT2D eigenvalue weighted by molar-refractivity contribution is -0.131. The second-order valence-corrected chi connectivity index (χ2v) is 7.34. The highest BCUT2D eigenvalue weighted by atomic mass is 16.2. The molecular formula is C22H27N3O. The van der Waals surface area contributed by atoms with Gasteiger partial charge in [-0.2, -0.15) is 5.10 Å². The Hall–Kier alpha value is -2.36. The van der Waals surface area contributed by atoms with E-state index in [1.54, 1.807) is 5.01 Å². The highest BCUT2D eigenvalue weighted by molar-refractivity contribution is 6.04. The largest absolute Gasteiger partial charge is 0.371 e. The molecule has 0 saturated heterocycles. The Morgan fingerprint density at radius 3 is 2.62 bits per heavy atom. The van der Waals surface area contributed by atoms with Gasteiger partial charge in [0.2, 0.25) is 5.91 Å². The van der Waals surface area contributed by atoms with Gasteiger partial charge in [0.25, 0.3) is 0 Å². The Kier molecular flexibility index (Phi) is 4.91. The molecule has 1 aromatic rings. The standard InChI is InChI=1S/C22H27N3O/c1-2-3-13-25-22(26)10-9-21(23-25)19-8-7-17-11-14-24(20-5-4-6-20)15-12-18(17)16-19/h4-8,16H,2-3,9-15H2,1H3. The van der Waals surface area contributed by atoms with Crippen molar-refractivity contribution in [3.8, 4) is 0 Å². The average molecular weight is 349 g/mol. The summed E-state index contributed by atoms with van der Waals surface area (Å²) in [4.78, 5) is 14.6. The maximum absolute atomic E-state index is 12.1. The number of nitrogens with zero attached hydrogens (tertiary/aromatic N) is 3. The van der Waals surface area contributed by atoms with Crippen LogP contribution in [0.25, 0.3) is 0 Å². The topological polar surface area (TPSA) is 35.9 Å². The van der Waals surface area contributed by atoms with Gasteiger partial charge < -0.3 is 4.90 Å². The number of allylic oxidation sites excluding steroid dienone is 3. The quantitative estimate of drug-likeness (QED) is 0.813. The summed E-state index contributed by atoms with van der Waals surface area (Å²) in [5.41, 5.74) is 6.51. The van der Waals surface area contributed by atoms with Gasteiger partial charge >= 0.3 is 0 Å². The highest BCUT2D eigenvalue weighted by Crippen LogP contribution is 2.24. The van der Waals surface area contributed by atoms with E-state index in [2.05, 4.69) is 53.4 Å². The summed E-state index contributed by atoms with van der Waals surface area (Å²) in [7, 11) is 0. The number of carbonyl (C=O) groups excluding carboxylic acids is 1. The molecule has 2 heterocycles. The van der Waals surface area contributed by atoms with E-state index in [1.807, 2.05) is 0 Å². The molecule has 4 rings (SSSR count). The second-order valence-electron chi connectivity index (χ2n) is 7.34. The van der Waals surface area contributed by atoms with Gasteiger partial charge in [-0.15, -0.1) is 0 Å². The lowest BCUT2D eigenvalue weighted by atomic mass is 9.96. The van der Waals surface area contributed by atoms with Crippen LogP contribution in [0, 0.1) is 0 Å². The van der Waals surface area contributed by atoms with Crippen molar-refractivity contribution in [3.05, 3.63) is 58.8 Å². The van der Waals surface area contributed by atoms with Crippen LogP contribution in [-0.2, 0) is 17.6 Å². The van der Waals surface area contributed by atoms with Crippen molar-refractivity contribution in [3.63, 3.8) is 0 Å². The fraction of sp³-hybridized carbons (Fsp3) is 0.455. The maximum Gasteiger partial charge on any atom is 0.243 e. The van der Waals surface area contributed by atoms with E-state index < -0.39 is 0 Å². The predicted molar refractivity (Wildman–Crippen MR) is 105 cm³/mol. The van der Waals surface area contributed by atoms with E-state index in [0.717, 1.165) is 57.5 Å². The number of carbonyl (C=O) groups is 1. The van der Waals surface area contributed by atoms with Crippen LogP contribution >= 0.6 is 0 Å². The molecular weight excluding hydrogens is 322 g/mol. The fourth-order valence-corrected chi connectivity index (χ4v) is 3.85. The summed E-state index contributed by atoms with van der Waals surface area (Å²) >= 11 is 0. The van der Waals surface area contributed by atoms with Gasteiger partial charge in [-0.25, -0.2) is 5.01 Å². The summed E-state index contributed by atoms with van der Waals surface area (Å²) in [5, 5.41) is 6.37. The van der Waals surface area contributed by atoms with Crippen LogP contribution in [0.3, 0.4) is 0 Å². The number of hydrazone groups is 1. The summed E-state index contributed by atoms with van der Waals surface area (Å²) < 4.78 is 0. The second kappa shape index (κ2) is 7.48. The van der Waals surface area contributed by atoms with Gasteiger partial charge in [0, 0.05) is 38.2 Å². The van der Waals surface area contributed by atoms with Crippen LogP contribution in [0.5, 0.6) is 0 Å². The maximum atomic E-state index is 12.1. The Morgan fingerprint density at radius 1 is 1.08 bits per heavy atom. The first-order valence-corrected chi connectivity index (χ1v) is 9.88. The highest BCUT2D eigenvalue weighted by Gasteiger charge is 2.22. The number of benzene rings is 1. The molecule has 1 aliphatic carbocycles. The molecule has 0 saturated carbocycles. The average Bonchev–Trinajstić information content (AvgIpc) is 2.82. The minimum absolute atomic E-state index is 0.162. The van der Waals surface area contributed by atoms with Crippen molar-refractivity contribution in [1.82, 2.24) is 9.91 Å². The molecule has 0 fully saturated rings. The molecule has 26 heavy (non-hydrogen) atoms. The molecule has 4 heteroatoms. The third kappa shape index (κ3) is 3.46. The van der Waals surface area contributed by atoms with Gasteiger partial charge in [0.1, 0.15) is 0 Å². The van der Waals surface area contributed by atoms with Crippen LogP contribution in [-0.4, -0.2) is 41.2 Å². The zero-order chi connectivity index (χ0) is 17.9. The number of hydrogen-bond donors (Lipinski definition) is 0. The zero-order valence-electron chi connectivity index (χ0n) is 15.6. The van der Waals surface area contributed by atoms with Gasteiger partial charge in [0.15, 0.2) is 0 Å². The minimum Gasteiger partial charge on any atom is -0.371 e. The first kappa shape index (κ1) is 17.1. The van der Waals surface area contributed by atoms with E-state index >= 15 is 0 Å². The van der Waals surface area contributed by atoms with Crippen molar-refractivity contribution in [2.75, 3.05) is 19.6 Å². The van der Waals surface area contributed by atoms with Gasteiger partial charge in [-0.3, -0.25) is 4.79 Å². The van der Waals surface area contributed by atoms with E-state index in [-0.39, 0.29) is 5.91 Å². The number of unbranched alkanes of at least 4 members (excludes halogenated alkanes) is 1. The lowest BCUT2D eigenvalue weighted by Gasteiger charge is -2.26. The van der Waals surface area contributed by atoms with Crippen molar-refractivity contribution in [1.29, 1.82) is 0 Å². The SMILES string of the molecule is CCCCN1N=C(c2ccc3c(c2)CCN(C2=CC=C2)CC3)CCC1=O. The van der Waals surface area contributed by atoms with Gasteiger partial charge in [-0.05, 0) is 54.2 Å². The third-order valence-electron chi connectivity index (χ3n) is 5.57. The van der Waals surface area contributed by atoms with Gasteiger partial charge in [0.05, 0.1) is 5.71 Å². The molecule has 1 amide bonds. The van der Waals surface area contributed by atoms with Crippen molar-refractivity contribution < 1.29 is 4.79 Å². The molecule has 0 unspecified atom stereocenters. The first-order valence-electron chi connectivity index (χ1n) is 9.88. The zero-order valence-corrected chi connectivity index (χ0v) is 15.6. The molecule has 0 radical (unpaired) electrons. The Balaban J connectivity index is 1.52. The number of rotatable bonds is 5. The summed E-state index contributed by atoms with van der Waals surface area (Å²) in [5.74, 6) is 0.162. The number of amides is 1. The van der Waals surface area contributed by atoms with E-state index in [1.165, 1.54) is 22.4 Å². The van der Waals surface area contributed by atoms with Crippen molar-refractivity contribution >= 4 is 11.6 Å². The number of hydrogen-bond acceptors (Lipinski definition) is 3. The van der Waals surface area contributed by atoms with E-state index in [0.29, 0.717) is 6.42 Å². The van der Waals surface area contributed by atoms with Crippen molar-refractivity contribution in [2.24, 2.45) is 5.10 Å². The molecule has 0 aromatic heterocycles. The Morgan fingerprint density at radius 2 is 1.88 bits per heavy atom. The molecule has 3 aliphatic rings. The first-order chi connectivity index (χ1) is 12.7. The molecule has 0 bridgehead atoms. The van der Waals surface area contributed by atoms with E-state index in [9.17, 15) is 4.79 Å². The van der Waals surface area contributed by atoms with E-state index in [4.69, 9.17) is 0 Å². The van der Waals surface area contributed by atoms with Crippen LogP contribution in [0.2, 0.25) is 0 Å². The minimum atomic E-state index is 0.162. The van der Waals surface area contributed by atoms with Gasteiger partial charge in [-0.1, -0.05) is 31.6 Å². The molecule has 0 N–H and O–H groups in total. The van der Waals surface area contributed by atoms with Crippen molar-refractivity contribution in [2.45, 2.75) is 45.4 Å². The van der Waals surface area contributed by atoms with Crippen LogP contribution in [0.1, 0.15) is 49.3 Å². The van der Waals surface area contributed by atoms with Crippen LogP contribution in [0.15, 0.2) is 47.2 Å². The van der Waals surface area contributed by atoms with Crippen LogP contribution in [0.4, 0.5) is 0 Å². The molecule has 4 nitrogen and oxygen atoms in total. The summed E-state index contributed by atoms with van der Waals surface area (Å²) in [6.45, 7) is 5.04.